The lowest BCUT2D eigenvalue weighted by Gasteiger charge is -2.24. The number of rotatable bonds is 2. The maximum Gasteiger partial charge on any atom is 0.251 e. The third kappa shape index (κ3) is 3.97. The van der Waals surface area contributed by atoms with E-state index in [0.29, 0.717) is 0 Å². The summed E-state index contributed by atoms with van der Waals surface area (Å²) in [6.45, 7) is 3.89. The zero-order valence-corrected chi connectivity index (χ0v) is 12.7. The average molecular weight is 334 g/mol. The van der Waals surface area contributed by atoms with Crippen LogP contribution in [0.5, 0.6) is 0 Å². The van der Waals surface area contributed by atoms with Crippen LogP contribution < -0.4 is 10.6 Å². The second-order valence-corrected chi connectivity index (χ2v) is 5.39. The van der Waals surface area contributed by atoms with Gasteiger partial charge in [0.15, 0.2) is 0 Å². The summed E-state index contributed by atoms with van der Waals surface area (Å²) in [7, 11) is 0. The van der Waals surface area contributed by atoms with E-state index in [0.717, 1.165) is 41.5 Å². The van der Waals surface area contributed by atoms with Gasteiger partial charge in [-0.05, 0) is 44.0 Å². The molecule has 1 unspecified atom stereocenters. The monoisotopic (exact) mass is 332 g/mol. The second-order valence-electron chi connectivity index (χ2n) is 4.48. The lowest BCUT2D eigenvalue weighted by atomic mass is 10.1. The summed E-state index contributed by atoms with van der Waals surface area (Å²) < 4.78 is 0.940. The molecule has 0 aromatic heterocycles. The molecule has 0 bridgehead atoms. The van der Waals surface area contributed by atoms with Gasteiger partial charge in [0.2, 0.25) is 0 Å². The number of amides is 1. The summed E-state index contributed by atoms with van der Waals surface area (Å²) in [6.07, 6.45) is 2.19. The molecule has 1 amide bonds. The van der Waals surface area contributed by atoms with E-state index in [1.807, 2.05) is 25.1 Å². The minimum Gasteiger partial charge on any atom is -0.348 e. The number of halogens is 2. The third-order valence-corrected chi connectivity index (χ3v) is 3.57. The topological polar surface area (TPSA) is 41.1 Å². The Morgan fingerprint density at radius 3 is 2.94 bits per heavy atom. The van der Waals surface area contributed by atoms with Crippen LogP contribution in [-0.2, 0) is 0 Å². The maximum atomic E-state index is 12.1. The number of carbonyl (C=O) groups is 1. The van der Waals surface area contributed by atoms with E-state index < -0.39 is 0 Å². The molecule has 1 fully saturated rings. The highest BCUT2D eigenvalue weighted by Gasteiger charge is 2.17. The summed E-state index contributed by atoms with van der Waals surface area (Å²) in [5, 5.41) is 6.37. The number of benzene rings is 1. The Balaban J connectivity index is 0.00000162. The fourth-order valence-electron chi connectivity index (χ4n) is 2.08. The largest absolute Gasteiger partial charge is 0.348 e. The van der Waals surface area contributed by atoms with Gasteiger partial charge in [-0.1, -0.05) is 22.0 Å². The zero-order valence-electron chi connectivity index (χ0n) is 10.3. The lowest BCUT2D eigenvalue weighted by molar-refractivity contribution is 0.0930. The second kappa shape index (κ2) is 7.12. The molecule has 2 N–H and O–H groups in total. The maximum absolute atomic E-state index is 12.1. The lowest BCUT2D eigenvalue weighted by Crippen LogP contribution is -2.45. The van der Waals surface area contributed by atoms with E-state index in [4.69, 9.17) is 0 Å². The molecular formula is C13H18BrClN2O. The fraction of sp³-hybridized carbons (Fsp3) is 0.462. The summed E-state index contributed by atoms with van der Waals surface area (Å²) in [5.74, 6) is 0.0255. The first kappa shape index (κ1) is 15.5. The van der Waals surface area contributed by atoms with Gasteiger partial charge in [0.25, 0.3) is 5.91 Å². The van der Waals surface area contributed by atoms with Crippen LogP contribution in [0.3, 0.4) is 0 Å². The first-order chi connectivity index (χ1) is 8.16. The zero-order chi connectivity index (χ0) is 12.3. The smallest absolute Gasteiger partial charge is 0.251 e. The van der Waals surface area contributed by atoms with Crippen molar-refractivity contribution < 1.29 is 4.79 Å². The highest BCUT2D eigenvalue weighted by atomic mass is 79.9. The molecular weight excluding hydrogens is 316 g/mol. The van der Waals surface area contributed by atoms with Crippen LogP contribution in [0.1, 0.15) is 28.8 Å². The van der Waals surface area contributed by atoms with Crippen LogP contribution in [0.15, 0.2) is 22.7 Å². The molecule has 1 aliphatic rings. The number of piperidine rings is 1. The summed E-state index contributed by atoms with van der Waals surface area (Å²) in [5.41, 5.74) is 1.76. The van der Waals surface area contributed by atoms with Crippen LogP contribution in [0, 0.1) is 6.92 Å². The SMILES string of the molecule is Cc1ccc(Br)cc1C(=O)NC1CCCNC1.Cl. The Labute approximate surface area is 122 Å². The Morgan fingerprint density at radius 2 is 2.28 bits per heavy atom. The number of hydrogen-bond donors (Lipinski definition) is 2. The van der Waals surface area contributed by atoms with Crippen molar-refractivity contribution in [3.8, 4) is 0 Å². The van der Waals surface area contributed by atoms with Crippen molar-refractivity contribution >= 4 is 34.2 Å². The Hall–Kier alpha value is -0.580. The molecule has 0 radical (unpaired) electrons. The van der Waals surface area contributed by atoms with Gasteiger partial charge in [-0.3, -0.25) is 4.79 Å². The number of carbonyl (C=O) groups excluding carboxylic acids is 1. The first-order valence-electron chi connectivity index (χ1n) is 5.94. The van der Waals surface area contributed by atoms with E-state index in [9.17, 15) is 4.79 Å². The van der Waals surface area contributed by atoms with Crippen LogP contribution in [0.4, 0.5) is 0 Å². The fourth-order valence-corrected chi connectivity index (χ4v) is 2.44. The highest BCUT2D eigenvalue weighted by molar-refractivity contribution is 9.10. The van der Waals surface area contributed by atoms with Crippen molar-refractivity contribution in [1.29, 1.82) is 0 Å². The molecule has 100 valence electrons. The average Bonchev–Trinajstić information content (AvgIpc) is 2.33. The predicted octanol–water partition coefficient (Wildman–Crippen LogP) is 2.66. The van der Waals surface area contributed by atoms with Gasteiger partial charge < -0.3 is 10.6 Å². The molecule has 1 aromatic rings. The minimum atomic E-state index is 0. The van der Waals surface area contributed by atoms with E-state index in [1.165, 1.54) is 0 Å². The van der Waals surface area contributed by atoms with E-state index in [-0.39, 0.29) is 24.4 Å². The third-order valence-electron chi connectivity index (χ3n) is 3.08. The Kier molecular flexibility index (Phi) is 6.12. The van der Waals surface area contributed by atoms with Gasteiger partial charge in [0, 0.05) is 22.6 Å². The molecule has 3 nitrogen and oxygen atoms in total. The van der Waals surface area contributed by atoms with Crippen molar-refractivity contribution in [2.24, 2.45) is 0 Å². The van der Waals surface area contributed by atoms with Gasteiger partial charge in [-0.2, -0.15) is 0 Å². The van der Waals surface area contributed by atoms with Gasteiger partial charge in [-0.15, -0.1) is 12.4 Å². The molecule has 5 heteroatoms. The molecule has 1 atom stereocenters. The number of hydrogen-bond acceptors (Lipinski definition) is 2. The van der Waals surface area contributed by atoms with Crippen LogP contribution in [0.25, 0.3) is 0 Å². The van der Waals surface area contributed by atoms with Gasteiger partial charge in [-0.25, -0.2) is 0 Å². The Morgan fingerprint density at radius 1 is 1.50 bits per heavy atom. The van der Waals surface area contributed by atoms with Crippen molar-refractivity contribution in [3.63, 3.8) is 0 Å². The molecule has 1 saturated heterocycles. The molecule has 1 heterocycles. The van der Waals surface area contributed by atoms with Gasteiger partial charge in [0.1, 0.15) is 0 Å². The molecule has 0 spiro atoms. The van der Waals surface area contributed by atoms with Crippen molar-refractivity contribution in [2.75, 3.05) is 13.1 Å². The van der Waals surface area contributed by atoms with Crippen LogP contribution >= 0.6 is 28.3 Å². The first-order valence-corrected chi connectivity index (χ1v) is 6.74. The predicted molar refractivity (Wildman–Crippen MR) is 79.5 cm³/mol. The van der Waals surface area contributed by atoms with E-state index >= 15 is 0 Å². The normalized spacial score (nSPS) is 18.9. The summed E-state index contributed by atoms with van der Waals surface area (Å²) in [6, 6.07) is 6.04. The molecule has 18 heavy (non-hydrogen) atoms. The highest BCUT2D eigenvalue weighted by Crippen LogP contribution is 2.16. The molecule has 0 aliphatic carbocycles. The molecule has 2 rings (SSSR count). The van der Waals surface area contributed by atoms with Crippen LogP contribution in [0.2, 0.25) is 0 Å². The van der Waals surface area contributed by atoms with E-state index in [2.05, 4.69) is 26.6 Å². The molecule has 1 aliphatic heterocycles. The Bertz CT molecular complexity index is 419. The van der Waals surface area contributed by atoms with Crippen LogP contribution in [-0.4, -0.2) is 25.0 Å². The van der Waals surface area contributed by atoms with Gasteiger partial charge >= 0.3 is 0 Å². The van der Waals surface area contributed by atoms with E-state index in [1.54, 1.807) is 0 Å². The van der Waals surface area contributed by atoms with Crippen molar-refractivity contribution in [1.82, 2.24) is 10.6 Å². The van der Waals surface area contributed by atoms with Gasteiger partial charge in [0.05, 0.1) is 0 Å². The molecule has 0 saturated carbocycles. The quantitative estimate of drug-likeness (QED) is 0.873. The standard InChI is InChI=1S/C13H17BrN2O.ClH/c1-9-4-5-10(14)7-12(9)13(17)16-11-3-2-6-15-8-11;/h4-5,7,11,15H,2-3,6,8H2,1H3,(H,16,17);1H. The number of nitrogens with one attached hydrogen (secondary N) is 2. The van der Waals surface area contributed by atoms with Crippen molar-refractivity contribution in [3.05, 3.63) is 33.8 Å². The summed E-state index contributed by atoms with van der Waals surface area (Å²) >= 11 is 3.40. The number of aryl methyl sites for hydroxylation is 1. The minimum absolute atomic E-state index is 0. The summed E-state index contributed by atoms with van der Waals surface area (Å²) in [4.78, 5) is 12.1. The van der Waals surface area contributed by atoms with Crippen molar-refractivity contribution in [2.45, 2.75) is 25.8 Å². The molecule has 1 aromatic carbocycles.